The second-order valence-corrected chi connectivity index (χ2v) is 13.7. The standard InChI is InChI=1S/C40H55NO9/c1-5-7-14-27(6-2)26-41-30-24-29(43-3)25-33(49-35-16-9-12-21-46-35)37(30)39(42)40(50-36-17-10-13-22-47-36)38(41)28-18-19-31(32(23-28)44-4)48-34-15-8-11-20-45-34/h18-19,23-25,27,34-36H,5-17,20-22,26H2,1-4H3. The fraction of sp³-hybridized carbons (Fsp3) is 0.625. The minimum atomic E-state index is -0.541. The molecule has 0 aliphatic carbocycles. The molecule has 0 bridgehead atoms. The number of hydrogen-bond donors (Lipinski definition) is 0. The van der Waals surface area contributed by atoms with Crippen molar-refractivity contribution in [1.82, 2.24) is 4.57 Å². The van der Waals surface area contributed by atoms with Crippen molar-refractivity contribution in [2.75, 3.05) is 34.0 Å². The summed E-state index contributed by atoms with van der Waals surface area (Å²) in [6, 6.07) is 9.55. The molecule has 0 amide bonds. The highest BCUT2D eigenvalue weighted by atomic mass is 16.7. The zero-order valence-corrected chi connectivity index (χ0v) is 30.3. The molecule has 3 saturated heterocycles. The van der Waals surface area contributed by atoms with Gasteiger partial charge in [0.1, 0.15) is 11.5 Å². The van der Waals surface area contributed by atoms with Gasteiger partial charge in [-0.05, 0) is 69.1 Å². The number of pyridine rings is 1. The van der Waals surface area contributed by atoms with Crippen molar-refractivity contribution >= 4 is 10.9 Å². The fourth-order valence-corrected chi connectivity index (χ4v) is 7.19. The predicted molar refractivity (Wildman–Crippen MR) is 193 cm³/mol. The Labute approximate surface area is 296 Å². The Bertz CT molecular complexity index is 1600. The van der Waals surface area contributed by atoms with Gasteiger partial charge in [0.05, 0.1) is 50.6 Å². The molecule has 4 heterocycles. The molecule has 0 radical (unpaired) electrons. The van der Waals surface area contributed by atoms with Gasteiger partial charge in [-0.2, -0.15) is 0 Å². The maximum Gasteiger partial charge on any atom is 0.235 e. The third kappa shape index (κ3) is 8.52. The molecule has 6 rings (SSSR count). The second-order valence-electron chi connectivity index (χ2n) is 13.7. The van der Waals surface area contributed by atoms with Crippen molar-refractivity contribution in [3.63, 3.8) is 0 Å². The van der Waals surface area contributed by atoms with Crippen LogP contribution in [-0.4, -0.2) is 57.5 Å². The van der Waals surface area contributed by atoms with Crippen LogP contribution in [-0.2, 0) is 20.8 Å². The Balaban J connectivity index is 1.57. The number of unbranched alkanes of at least 4 members (excludes halogenated alkanes) is 1. The molecule has 3 aliphatic heterocycles. The van der Waals surface area contributed by atoms with Gasteiger partial charge in [-0.15, -0.1) is 0 Å². The van der Waals surface area contributed by atoms with Crippen molar-refractivity contribution in [1.29, 1.82) is 0 Å². The van der Waals surface area contributed by atoms with E-state index < -0.39 is 12.6 Å². The van der Waals surface area contributed by atoms with Gasteiger partial charge >= 0.3 is 0 Å². The Morgan fingerprint density at radius 3 is 1.96 bits per heavy atom. The highest BCUT2D eigenvalue weighted by Crippen LogP contribution is 2.42. The highest BCUT2D eigenvalue weighted by molar-refractivity contribution is 5.92. The first-order valence-electron chi connectivity index (χ1n) is 18.8. The van der Waals surface area contributed by atoms with E-state index in [1.807, 2.05) is 24.3 Å². The summed E-state index contributed by atoms with van der Waals surface area (Å²) in [5, 5.41) is 0.446. The molecule has 3 aliphatic rings. The molecule has 50 heavy (non-hydrogen) atoms. The number of fused-ring (bicyclic) bond motifs is 1. The smallest absolute Gasteiger partial charge is 0.235 e. The van der Waals surface area contributed by atoms with Gasteiger partial charge in [0.25, 0.3) is 0 Å². The van der Waals surface area contributed by atoms with Gasteiger partial charge in [-0.25, -0.2) is 0 Å². The molecule has 1 aromatic heterocycles. The molecule has 2 aromatic carbocycles. The van der Waals surface area contributed by atoms with E-state index in [0.717, 1.165) is 88.1 Å². The van der Waals surface area contributed by atoms with Gasteiger partial charge in [0, 0.05) is 43.5 Å². The number of rotatable bonds is 15. The van der Waals surface area contributed by atoms with Gasteiger partial charge < -0.3 is 42.5 Å². The van der Waals surface area contributed by atoms with Gasteiger partial charge in [0.15, 0.2) is 36.1 Å². The number of nitrogens with zero attached hydrogens (tertiary/aromatic N) is 1. The largest absolute Gasteiger partial charge is 0.497 e. The first kappa shape index (κ1) is 36.3. The number of ether oxygens (including phenoxy) is 8. The van der Waals surface area contributed by atoms with Crippen LogP contribution in [0.5, 0.6) is 28.7 Å². The summed E-state index contributed by atoms with van der Waals surface area (Å²) in [6.07, 6.45) is 11.2. The lowest BCUT2D eigenvalue weighted by Crippen LogP contribution is -2.30. The molecule has 3 fully saturated rings. The van der Waals surface area contributed by atoms with Gasteiger partial charge in [-0.1, -0.05) is 33.1 Å². The van der Waals surface area contributed by atoms with Crippen LogP contribution in [0.15, 0.2) is 35.1 Å². The summed E-state index contributed by atoms with van der Waals surface area (Å²) in [6.45, 7) is 7.00. The molecule has 0 spiro atoms. The van der Waals surface area contributed by atoms with E-state index in [-0.39, 0.29) is 17.5 Å². The second kappa shape index (κ2) is 17.6. The topological polar surface area (TPSA) is 95.8 Å². The zero-order valence-electron chi connectivity index (χ0n) is 30.3. The first-order chi connectivity index (χ1) is 24.5. The van der Waals surface area contributed by atoms with Crippen molar-refractivity contribution in [3.8, 4) is 40.0 Å². The Morgan fingerprint density at radius 2 is 1.40 bits per heavy atom. The lowest BCUT2D eigenvalue weighted by molar-refractivity contribution is -0.107. The van der Waals surface area contributed by atoms with Crippen molar-refractivity contribution in [2.45, 2.75) is 123 Å². The van der Waals surface area contributed by atoms with Gasteiger partial charge in [0.2, 0.25) is 5.43 Å². The third-order valence-electron chi connectivity index (χ3n) is 10.1. The lowest BCUT2D eigenvalue weighted by Gasteiger charge is -2.29. The number of methoxy groups -OCH3 is 2. The van der Waals surface area contributed by atoms with E-state index in [1.165, 1.54) is 0 Å². The van der Waals surface area contributed by atoms with Crippen LogP contribution in [0.25, 0.3) is 22.2 Å². The van der Waals surface area contributed by atoms with Crippen LogP contribution < -0.4 is 29.1 Å². The average molecular weight is 694 g/mol. The maximum absolute atomic E-state index is 15.0. The van der Waals surface area contributed by atoms with Crippen LogP contribution in [0.2, 0.25) is 0 Å². The number of aromatic nitrogens is 1. The fourth-order valence-electron chi connectivity index (χ4n) is 7.19. The molecule has 10 nitrogen and oxygen atoms in total. The molecule has 4 unspecified atom stereocenters. The summed E-state index contributed by atoms with van der Waals surface area (Å²) in [4.78, 5) is 15.0. The Hall–Kier alpha value is -3.47. The van der Waals surface area contributed by atoms with Crippen LogP contribution >= 0.6 is 0 Å². The van der Waals surface area contributed by atoms with E-state index >= 15 is 0 Å². The molecule has 3 aromatic rings. The molecule has 4 atom stereocenters. The zero-order chi connectivity index (χ0) is 34.9. The van der Waals surface area contributed by atoms with E-state index in [9.17, 15) is 4.79 Å². The summed E-state index contributed by atoms with van der Waals surface area (Å²) in [5.74, 6) is 2.76. The maximum atomic E-state index is 15.0. The summed E-state index contributed by atoms with van der Waals surface area (Å²) >= 11 is 0. The summed E-state index contributed by atoms with van der Waals surface area (Å²) in [5.41, 5.74) is 1.90. The first-order valence-corrected chi connectivity index (χ1v) is 18.8. The molecule has 274 valence electrons. The van der Waals surface area contributed by atoms with E-state index in [4.69, 9.17) is 37.9 Å². The normalized spacial score (nSPS) is 21.8. The van der Waals surface area contributed by atoms with Crippen LogP contribution in [0.3, 0.4) is 0 Å². The van der Waals surface area contributed by atoms with Crippen LogP contribution in [0.4, 0.5) is 0 Å². The molecular formula is C40H55NO9. The lowest BCUT2D eigenvalue weighted by atomic mass is 9.97. The summed E-state index contributed by atoms with van der Waals surface area (Å²) < 4.78 is 51.3. The monoisotopic (exact) mass is 693 g/mol. The molecular weight excluding hydrogens is 638 g/mol. The number of benzene rings is 2. The van der Waals surface area contributed by atoms with Crippen molar-refractivity contribution < 1.29 is 37.9 Å². The molecule has 0 N–H and O–H groups in total. The predicted octanol–water partition coefficient (Wildman–Crippen LogP) is 8.62. The SMILES string of the molecule is CCCCC(CC)Cn1c(-c2ccc(OC3CCCCO3)c(OC)c2)c(OC2CCCCO2)c(=O)c2c(OC3CCCCO3)cc(OC)cc21. The molecule has 0 saturated carbocycles. The highest BCUT2D eigenvalue weighted by Gasteiger charge is 2.30. The minimum Gasteiger partial charge on any atom is -0.497 e. The van der Waals surface area contributed by atoms with Crippen molar-refractivity contribution in [2.24, 2.45) is 5.92 Å². The van der Waals surface area contributed by atoms with Crippen molar-refractivity contribution in [3.05, 3.63) is 40.6 Å². The molecule has 10 heteroatoms. The van der Waals surface area contributed by atoms with E-state index in [2.05, 4.69) is 18.4 Å². The van der Waals surface area contributed by atoms with Gasteiger partial charge in [-0.3, -0.25) is 4.79 Å². The Kier molecular flexibility index (Phi) is 12.8. The summed E-state index contributed by atoms with van der Waals surface area (Å²) in [7, 11) is 3.27. The van der Waals surface area contributed by atoms with E-state index in [0.29, 0.717) is 72.8 Å². The van der Waals surface area contributed by atoms with Crippen LogP contribution in [0.1, 0.15) is 97.3 Å². The number of hydrogen-bond acceptors (Lipinski definition) is 9. The Morgan fingerprint density at radius 1 is 0.760 bits per heavy atom. The minimum absolute atomic E-state index is 0.237. The van der Waals surface area contributed by atoms with E-state index in [1.54, 1.807) is 20.3 Å². The average Bonchev–Trinajstić information content (AvgIpc) is 3.16. The third-order valence-corrected chi connectivity index (χ3v) is 10.1. The van der Waals surface area contributed by atoms with Crippen LogP contribution in [0, 0.1) is 5.92 Å². The quantitative estimate of drug-likeness (QED) is 0.155.